The average Bonchev–Trinajstić information content (AvgIpc) is 3.14. The fourth-order valence-electron chi connectivity index (χ4n) is 4.51. The summed E-state index contributed by atoms with van der Waals surface area (Å²) in [7, 11) is 7.43. The van der Waals surface area contributed by atoms with Gasteiger partial charge in [0, 0.05) is 0 Å². The maximum atomic E-state index is 11.0. The van der Waals surface area contributed by atoms with Gasteiger partial charge in [-0.15, -0.1) is 0 Å². The predicted molar refractivity (Wildman–Crippen MR) is 226 cm³/mol. The fourth-order valence-corrected chi connectivity index (χ4v) is 7.06. The molecule has 0 aliphatic heterocycles. The Morgan fingerprint density at radius 2 is 0.411 bits per heavy atom. The van der Waals surface area contributed by atoms with Crippen LogP contribution in [0.25, 0.3) is 0 Å². The van der Waals surface area contributed by atoms with Gasteiger partial charge < -0.3 is 27.1 Å². The summed E-state index contributed by atoms with van der Waals surface area (Å²) in [5.41, 5.74) is 6.57. The number of hydrogen-bond acceptors (Lipinski definition) is 6. The molecule has 0 saturated heterocycles. The molecule has 56 heavy (non-hydrogen) atoms. The number of rotatable bonds is 12. The van der Waals surface area contributed by atoms with E-state index in [1.165, 1.54) is 0 Å². The van der Waals surface area contributed by atoms with Gasteiger partial charge in [-0.3, -0.25) is 0 Å². The van der Waals surface area contributed by atoms with Gasteiger partial charge in [-0.05, 0) is 114 Å². The standard InChI is InChI=1S/2C21H21O4P.3ClH.Cr/c2*1-16-4-10-19(11-5-16)23-26(22,24-20-12-6-17(2)7-13-20)25-21-14-8-18(3)9-15-21;;;;/h2*4-15H,1-3H3;3*1H;/q;;;;;+3/p-1. The van der Waals surface area contributed by atoms with Gasteiger partial charge >= 0.3 is 57.2 Å². The zero-order valence-electron chi connectivity index (χ0n) is 31.6. The van der Waals surface area contributed by atoms with Gasteiger partial charge in [-0.2, -0.15) is 0 Å². The molecule has 0 amide bonds. The van der Waals surface area contributed by atoms with Crippen molar-refractivity contribution < 1.29 is 47.7 Å². The van der Waals surface area contributed by atoms with E-state index in [-0.39, 0.29) is 0 Å². The SMILES string of the molecule is Cc1ccc(OP(=[OH+])(Oc2ccc(C)cc2)Oc2ccc(C)cc2)cc1.Cc1ccc(OP(=[OH+])(Oc2ccc(C)cc2)Oc2ccc(C)cc2)cc1.[Cl][Cr]([Cl])[Cl]. The van der Waals surface area contributed by atoms with E-state index in [0.29, 0.717) is 34.5 Å². The second kappa shape index (κ2) is 21.5. The van der Waals surface area contributed by atoms with E-state index in [9.17, 15) is 9.13 Å². The zero-order chi connectivity index (χ0) is 40.7. The van der Waals surface area contributed by atoms with E-state index in [2.05, 4.69) is 0 Å². The van der Waals surface area contributed by atoms with Gasteiger partial charge in [0.05, 0.1) is 0 Å². The van der Waals surface area contributed by atoms with Crippen molar-refractivity contribution in [2.75, 3.05) is 0 Å². The van der Waals surface area contributed by atoms with Crippen molar-refractivity contribution in [1.82, 2.24) is 0 Å². The summed E-state index contributed by atoms with van der Waals surface area (Å²) in [5.74, 6) is 2.86. The molecule has 0 fully saturated rings. The number of aryl methyl sites for hydroxylation is 6. The molecule has 2 N–H and O–H groups in total. The van der Waals surface area contributed by atoms with Crippen LogP contribution in [0, 0.1) is 41.5 Å². The third-order valence-electron chi connectivity index (χ3n) is 7.45. The molecular formula is C42H44Cl3CrO8P2+2. The first-order valence-electron chi connectivity index (χ1n) is 17.1. The molecule has 0 radical (unpaired) electrons. The number of hydrogen-bond donors (Lipinski definition) is 0. The molecule has 0 bridgehead atoms. The Bertz CT molecular complexity index is 1780. The summed E-state index contributed by atoms with van der Waals surface area (Å²) in [6, 6.07) is 44.1. The molecule has 0 atom stereocenters. The van der Waals surface area contributed by atoms with Crippen LogP contribution >= 0.6 is 45.8 Å². The minimum absolute atomic E-state index is 0.477. The van der Waals surface area contributed by atoms with Crippen molar-refractivity contribution in [3.8, 4) is 34.5 Å². The Hall–Kier alpha value is -4.02. The van der Waals surface area contributed by atoms with Crippen molar-refractivity contribution in [1.29, 1.82) is 0 Å². The van der Waals surface area contributed by atoms with E-state index in [0.717, 1.165) is 33.4 Å². The van der Waals surface area contributed by atoms with Gasteiger partial charge in [0.1, 0.15) is 34.5 Å². The van der Waals surface area contributed by atoms with Crippen molar-refractivity contribution >= 4 is 45.8 Å². The van der Waals surface area contributed by atoms with Gasteiger partial charge in [-0.25, -0.2) is 9.13 Å². The first kappa shape index (κ1) is 44.7. The molecule has 6 rings (SSSR count). The van der Waals surface area contributed by atoms with Crippen molar-refractivity contribution in [3.05, 3.63) is 179 Å². The predicted octanol–water partition coefficient (Wildman–Crippen LogP) is 14.5. The minimum atomic E-state index is -3.68. The van der Waals surface area contributed by atoms with Crippen LogP contribution in [0.15, 0.2) is 146 Å². The third kappa shape index (κ3) is 16.2. The topological polar surface area (TPSA) is 98.2 Å². The number of benzene rings is 6. The molecule has 6 aromatic carbocycles. The normalized spacial score (nSPS) is 10.9. The molecule has 6 aromatic rings. The van der Waals surface area contributed by atoms with Crippen molar-refractivity contribution in [2.45, 2.75) is 41.5 Å². The Morgan fingerprint density at radius 1 is 0.304 bits per heavy atom. The monoisotopic (exact) mass is 895 g/mol. The van der Waals surface area contributed by atoms with Crippen molar-refractivity contribution in [2.24, 2.45) is 0 Å². The van der Waals surface area contributed by atoms with Crippen LogP contribution in [0.4, 0.5) is 0 Å². The first-order chi connectivity index (χ1) is 26.6. The first-order valence-corrected chi connectivity index (χ1v) is 25.4. The number of halogens is 3. The van der Waals surface area contributed by atoms with E-state index in [1.807, 2.05) is 114 Å². The molecule has 0 heterocycles. The van der Waals surface area contributed by atoms with Gasteiger partial charge in [0.15, 0.2) is 0 Å². The molecular weight excluding hydrogens is 853 g/mol. The molecule has 0 saturated carbocycles. The Labute approximate surface area is 346 Å². The summed E-state index contributed by atoms with van der Waals surface area (Å²) in [6.07, 6.45) is 0. The van der Waals surface area contributed by atoms with Crippen LogP contribution in [0.2, 0.25) is 0 Å². The summed E-state index contributed by atoms with van der Waals surface area (Å²) in [4.78, 5) is 0. The molecule has 0 unspecified atom stereocenters. The van der Waals surface area contributed by atoms with Crippen molar-refractivity contribution in [3.63, 3.8) is 0 Å². The summed E-state index contributed by atoms with van der Waals surface area (Å²) < 4.78 is 56.5. The Balaban J connectivity index is 0.000000227. The van der Waals surface area contributed by atoms with Gasteiger partial charge in [0.2, 0.25) is 0 Å². The Morgan fingerprint density at radius 3 is 0.518 bits per heavy atom. The molecule has 14 heteroatoms. The van der Waals surface area contributed by atoms with Gasteiger partial charge in [0.25, 0.3) is 0 Å². The second-order valence-electron chi connectivity index (χ2n) is 12.5. The van der Waals surface area contributed by atoms with Gasteiger partial charge in [-0.1, -0.05) is 106 Å². The zero-order valence-corrected chi connectivity index (χ0v) is 37.0. The summed E-state index contributed by atoms with van der Waals surface area (Å²) in [5, 5.41) is 0. The average molecular weight is 897 g/mol. The molecule has 0 aliphatic carbocycles. The van der Waals surface area contributed by atoms with Crippen LogP contribution in [-0.4, -0.2) is 9.13 Å². The molecule has 0 spiro atoms. The third-order valence-corrected chi connectivity index (χ3v) is 10.1. The van der Waals surface area contributed by atoms with Crippen LogP contribution in [0.5, 0.6) is 34.5 Å². The van der Waals surface area contributed by atoms with Crippen LogP contribution in [0.3, 0.4) is 0 Å². The van der Waals surface area contributed by atoms with E-state index < -0.39 is 27.0 Å². The van der Waals surface area contributed by atoms with E-state index in [4.69, 9.17) is 57.3 Å². The summed E-state index contributed by atoms with van der Waals surface area (Å²) in [6.45, 7) is 11.9. The van der Waals surface area contributed by atoms with Crippen LogP contribution in [-0.2, 0) is 11.4 Å². The second-order valence-corrected chi connectivity index (χ2v) is 21.8. The Kier molecular flexibility index (Phi) is 17.2. The maximum absolute atomic E-state index is 11.0. The molecule has 0 aliphatic rings. The van der Waals surface area contributed by atoms with Crippen LogP contribution < -0.4 is 27.1 Å². The van der Waals surface area contributed by atoms with Crippen LogP contribution in [0.1, 0.15) is 33.4 Å². The molecule has 0 aromatic heterocycles. The van der Waals surface area contributed by atoms with E-state index in [1.54, 1.807) is 72.8 Å². The van der Waals surface area contributed by atoms with E-state index >= 15 is 0 Å². The quantitative estimate of drug-likeness (QED) is 0.0896. The molecule has 295 valence electrons. The molecule has 8 nitrogen and oxygen atoms in total. The fraction of sp³-hybridized carbons (Fsp3) is 0.143. The summed E-state index contributed by atoms with van der Waals surface area (Å²) >= 11 is -1.62.